The van der Waals surface area contributed by atoms with Crippen molar-refractivity contribution in [2.45, 2.75) is 24.9 Å². The quantitative estimate of drug-likeness (QED) is 0.173. The smallest absolute Gasteiger partial charge is 0.335 e. The molecule has 0 unspecified atom stereocenters. The van der Waals surface area contributed by atoms with Crippen LogP contribution in [0.1, 0.15) is 50.2 Å². The standard InChI is InChI=1S/C36H26FN5O3/c37-27-17-23(20-38)18-28(19-27)40-32-10-8-30(34(43)41-36(12-13-36)26-6-4-24(5-7-26)35(44)45)33-29(32)11-15-42(33)21-22-3-9-31-25(16-22)2-1-14-39-31/h1-11,14-19,40H,12-13,21H2,(H,41,43)(H,44,45). The minimum absolute atomic E-state index is 0.188. The van der Waals surface area contributed by atoms with Crippen LogP contribution in [-0.4, -0.2) is 26.5 Å². The van der Waals surface area contributed by atoms with Crippen LogP contribution in [-0.2, 0) is 12.1 Å². The number of nitrogens with one attached hydrogen (secondary N) is 2. The summed E-state index contributed by atoms with van der Waals surface area (Å²) in [5.41, 5.74) is 4.81. The molecule has 2 heterocycles. The predicted octanol–water partition coefficient (Wildman–Crippen LogP) is 7.11. The highest BCUT2D eigenvalue weighted by molar-refractivity contribution is 6.10. The third-order valence-corrected chi connectivity index (χ3v) is 8.28. The number of fused-ring (bicyclic) bond motifs is 2. The molecule has 3 N–H and O–H groups in total. The molecule has 220 valence electrons. The number of nitrogens with zero attached hydrogens (tertiary/aromatic N) is 3. The molecule has 1 aliphatic carbocycles. The normalized spacial score (nSPS) is 13.3. The fourth-order valence-corrected chi connectivity index (χ4v) is 5.88. The highest BCUT2D eigenvalue weighted by Crippen LogP contribution is 2.46. The Labute approximate surface area is 257 Å². The number of hydrogen-bond acceptors (Lipinski definition) is 5. The number of carboxylic acids is 1. The van der Waals surface area contributed by atoms with E-state index in [9.17, 15) is 24.3 Å². The molecular weight excluding hydrogens is 569 g/mol. The molecule has 4 aromatic carbocycles. The lowest BCUT2D eigenvalue weighted by Gasteiger charge is -2.20. The summed E-state index contributed by atoms with van der Waals surface area (Å²) in [4.78, 5) is 29.8. The Bertz CT molecular complexity index is 2180. The Morgan fingerprint density at radius 3 is 2.58 bits per heavy atom. The van der Waals surface area contributed by atoms with Crippen LogP contribution in [0.3, 0.4) is 0 Å². The van der Waals surface area contributed by atoms with E-state index in [1.165, 1.54) is 12.1 Å². The summed E-state index contributed by atoms with van der Waals surface area (Å²) >= 11 is 0. The van der Waals surface area contributed by atoms with Gasteiger partial charge in [0.2, 0.25) is 0 Å². The van der Waals surface area contributed by atoms with Gasteiger partial charge in [0.05, 0.1) is 39.3 Å². The van der Waals surface area contributed by atoms with Gasteiger partial charge in [0.15, 0.2) is 0 Å². The lowest BCUT2D eigenvalue weighted by atomic mass is 10.0. The first kappa shape index (κ1) is 27.8. The number of nitriles is 1. The predicted molar refractivity (Wildman–Crippen MR) is 169 cm³/mol. The lowest BCUT2D eigenvalue weighted by Crippen LogP contribution is -2.35. The summed E-state index contributed by atoms with van der Waals surface area (Å²) in [6.45, 7) is 0.485. The molecule has 0 aliphatic heterocycles. The number of benzene rings is 4. The monoisotopic (exact) mass is 595 g/mol. The lowest BCUT2D eigenvalue weighted by molar-refractivity contribution is 0.0696. The van der Waals surface area contributed by atoms with E-state index in [1.54, 1.807) is 48.7 Å². The van der Waals surface area contributed by atoms with E-state index in [1.807, 2.05) is 47.2 Å². The second kappa shape index (κ2) is 10.9. The van der Waals surface area contributed by atoms with Crippen molar-refractivity contribution in [2.75, 3.05) is 5.32 Å². The maximum atomic E-state index is 14.2. The minimum Gasteiger partial charge on any atom is -0.478 e. The van der Waals surface area contributed by atoms with E-state index >= 15 is 0 Å². The van der Waals surface area contributed by atoms with E-state index in [0.717, 1.165) is 40.3 Å². The first-order valence-corrected chi connectivity index (χ1v) is 14.4. The molecule has 1 amide bonds. The van der Waals surface area contributed by atoms with Crippen LogP contribution in [0.4, 0.5) is 15.8 Å². The van der Waals surface area contributed by atoms with Crippen molar-refractivity contribution >= 4 is 45.1 Å². The Hall–Kier alpha value is -6.01. The zero-order valence-electron chi connectivity index (χ0n) is 23.9. The molecule has 9 heteroatoms. The van der Waals surface area contributed by atoms with Gasteiger partial charge in [-0.05, 0) is 90.7 Å². The number of carbonyl (C=O) groups excluding carboxylic acids is 1. The SMILES string of the molecule is N#Cc1cc(F)cc(Nc2ccc(C(=O)NC3(c4ccc(C(=O)O)cc4)CC3)c3c2ccn3Cc2ccc3ncccc3c2)c1. The van der Waals surface area contributed by atoms with Gasteiger partial charge in [-0.3, -0.25) is 9.78 Å². The number of aromatic nitrogens is 2. The Kier molecular flexibility index (Phi) is 6.75. The maximum absolute atomic E-state index is 14.2. The highest BCUT2D eigenvalue weighted by atomic mass is 19.1. The summed E-state index contributed by atoms with van der Waals surface area (Å²) < 4.78 is 16.3. The molecule has 1 saturated carbocycles. The van der Waals surface area contributed by atoms with Crippen LogP contribution in [0.2, 0.25) is 0 Å². The van der Waals surface area contributed by atoms with Gasteiger partial charge in [-0.15, -0.1) is 0 Å². The second-order valence-corrected chi connectivity index (χ2v) is 11.3. The van der Waals surface area contributed by atoms with E-state index in [4.69, 9.17) is 0 Å². The summed E-state index contributed by atoms with van der Waals surface area (Å²) in [5, 5.41) is 26.8. The molecule has 45 heavy (non-hydrogen) atoms. The van der Waals surface area contributed by atoms with E-state index in [0.29, 0.717) is 29.0 Å². The fraction of sp³-hybridized carbons (Fsp3) is 0.111. The third kappa shape index (κ3) is 5.34. The number of anilines is 2. The minimum atomic E-state index is -1.00. The van der Waals surface area contributed by atoms with E-state index in [2.05, 4.69) is 21.7 Å². The molecule has 0 atom stereocenters. The molecule has 0 bridgehead atoms. The zero-order valence-corrected chi connectivity index (χ0v) is 23.9. The van der Waals surface area contributed by atoms with Gasteiger partial charge in [-0.25, -0.2) is 9.18 Å². The van der Waals surface area contributed by atoms with Crippen molar-refractivity contribution in [3.63, 3.8) is 0 Å². The van der Waals surface area contributed by atoms with Crippen molar-refractivity contribution in [1.29, 1.82) is 5.26 Å². The fourth-order valence-electron chi connectivity index (χ4n) is 5.88. The molecule has 0 radical (unpaired) electrons. The van der Waals surface area contributed by atoms with Gasteiger partial charge in [-0.1, -0.05) is 24.3 Å². The summed E-state index contributed by atoms with van der Waals surface area (Å²) in [6, 6.07) is 28.1. The van der Waals surface area contributed by atoms with Crippen molar-refractivity contribution in [2.24, 2.45) is 0 Å². The second-order valence-electron chi connectivity index (χ2n) is 11.3. The van der Waals surface area contributed by atoms with Crippen molar-refractivity contribution in [3.8, 4) is 6.07 Å². The van der Waals surface area contributed by atoms with Crippen molar-refractivity contribution < 1.29 is 19.1 Å². The first-order chi connectivity index (χ1) is 21.8. The van der Waals surface area contributed by atoms with Crippen molar-refractivity contribution in [3.05, 3.63) is 137 Å². The molecule has 1 aliphatic rings. The van der Waals surface area contributed by atoms with Gasteiger partial charge in [-0.2, -0.15) is 5.26 Å². The average Bonchev–Trinajstić information content (AvgIpc) is 3.71. The highest BCUT2D eigenvalue weighted by Gasteiger charge is 2.46. The number of rotatable bonds is 8. The van der Waals surface area contributed by atoms with Gasteiger partial charge in [0.25, 0.3) is 5.91 Å². The topological polar surface area (TPSA) is 120 Å². The molecule has 7 rings (SSSR count). The van der Waals surface area contributed by atoms with E-state index < -0.39 is 17.3 Å². The number of carbonyl (C=O) groups is 2. The van der Waals surface area contributed by atoms with Gasteiger partial charge in [0, 0.05) is 41.1 Å². The Morgan fingerprint density at radius 2 is 1.82 bits per heavy atom. The Morgan fingerprint density at radius 1 is 1.00 bits per heavy atom. The zero-order chi connectivity index (χ0) is 31.1. The van der Waals surface area contributed by atoms with Crippen LogP contribution in [0.25, 0.3) is 21.8 Å². The number of carboxylic acid groups (broad SMARTS) is 1. The molecular formula is C36H26FN5O3. The molecule has 6 aromatic rings. The average molecular weight is 596 g/mol. The van der Waals surface area contributed by atoms with E-state index in [-0.39, 0.29) is 17.0 Å². The van der Waals surface area contributed by atoms with Gasteiger partial charge in [0.1, 0.15) is 5.82 Å². The molecule has 1 fully saturated rings. The maximum Gasteiger partial charge on any atom is 0.335 e. The number of aromatic carboxylic acids is 1. The van der Waals surface area contributed by atoms with Crippen LogP contribution < -0.4 is 10.6 Å². The number of halogens is 1. The molecule has 8 nitrogen and oxygen atoms in total. The summed E-state index contributed by atoms with van der Waals surface area (Å²) in [5.74, 6) is -1.79. The molecule has 0 spiro atoms. The van der Waals surface area contributed by atoms with Gasteiger partial charge < -0.3 is 20.3 Å². The number of pyridine rings is 1. The first-order valence-electron chi connectivity index (χ1n) is 14.4. The van der Waals surface area contributed by atoms with Crippen LogP contribution in [0.15, 0.2) is 103 Å². The van der Waals surface area contributed by atoms with Crippen molar-refractivity contribution in [1.82, 2.24) is 14.9 Å². The van der Waals surface area contributed by atoms with Crippen LogP contribution in [0, 0.1) is 17.1 Å². The molecule has 0 saturated heterocycles. The van der Waals surface area contributed by atoms with Crippen LogP contribution >= 0.6 is 0 Å². The number of hydrogen-bond donors (Lipinski definition) is 3. The summed E-state index contributed by atoms with van der Waals surface area (Å²) in [6.07, 6.45) is 5.15. The largest absolute Gasteiger partial charge is 0.478 e. The number of amides is 1. The Balaban J connectivity index is 1.28. The van der Waals surface area contributed by atoms with Crippen LogP contribution in [0.5, 0.6) is 0 Å². The molecule has 2 aromatic heterocycles. The third-order valence-electron chi connectivity index (χ3n) is 8.28. The van der Waals surface area contributed by atoms with Gasteiger partial charge >= 0.3 is 5.97 Å². The summed E-state index contributed by atoms with van der Waals surface area (Å²) in [7, 11) is 0.